The Balaban J connectivity index is 1.47. The molecule has 0 radical (unpaired) electrons. The Kier molecular flexibility index (Phi) is 4.93. The van der Waals surface area contributed by atoms with E-state index in [2.05, 4.69) is 26.9 Å². The summed E-state index contributed by atoms with van der Waals surface area (Å²) in [7, 11) is 2.11. The summed E-state index contributed by atoms with van der Waals surface area (Å²) in [5, 5.41) is 10.3. The number of hydrogen-bond donors (Lipinski definition) is 1. The van der Waals surface area contributed by atoms with Crippen LogP contribution in [0.3, 0.4) is 0 Å². The maximum atomic E-state index is 14.7. The van der Waals surface area contributed by atoms with E-state index < -0.39 is 11.9 Å². The van der Waals surface area contributed by atoms with E-state index in [0.717, 1.165) is 12.3 Å². The largest absolute Gasteiger partial charge is 0.462 e. The number of anilines is 1. The van der Waals surface area contributed by atoms with Gasteiger partial charge in [0.05, 0.1) is 24.7 Å². The van der Waals surface area contributed by atoms with Crippen LogP contribution in [0.1, 0.15) is 12.8 Å². The van der Waals surface area contributed by atoms with Crippen molar-refractivity contribution in [3.8, 4) is 6.01 Å². The zero-order valence-corrected chi connectivity index (χ0v) is 16.8. The molecule has 1 aliphatic carbocycles. The predicted molar refractivity (Wildman–Crippen MR) is 105 cm³/mol. The molecule has 29 heavy (non-hydrogen) atoms. The second-order valence-electron chi connectivity index (χ2n) is 8.06. The monoisotopic (exact) mass is 423 g/mol. The summed E-state index contributed by atoms with van der Waals surface area (Å²) in [6.45, 7) is 1.93. The minimum Gasteiger partial charge on any atom is -0.462 e. The van der Waals surface area contributed by atoms with Crippen molar-refractivity contribution in [3.05, 3.63) is 17.2 Å². The maximum Gasteiger partial charge on any atom is 0.319 e. The van der Waals surface area contributed by atoms with Gasteiger partial charge in [-0.25, -0.2) is 9.37 Å². The fourth-order valence-electron chi connectivity index (χ4n) is 4.42. The van der Waals surface area contributed by atoms with E-state index in [1.54, 1.807) is 0 Å². The van der Waals surface area contributed by atoms with Crippen molar-refractivity contribution >= 4 is 28.3 Å². The molecule has 1 N–H and O–H groups in total. The first-order chi connectivity index (χ1) is 14.0. The Morgan fingerprint density at radius 3 is 3.03 bits per heavy atom. The van der Waals surface area contributed by atoms with Gasteiger partial charge in [0, 0.05) is 31.4 Å². The van der Waals surface area contributed by atoms with Crippen LogP contribution in [0.2, 0.25) is 5.15 Å². The molecule has 2 aliphatic heterocycles. The molecule has 0 bridgehead atoms. The molecule has 3 fully saturated rings. The molecule has 4 heterocycles. The molecule has 2 aromatic heterocycles. The van der Waals surface area contributed by atoms with Gasteiger partial charge in [0.25, 0.3) is 0 Å². The SMILES string of the molecule is CN1[C@H](COc2nc(N3CCOC[C@@H](O)C3)c3cnc(Cl)c(F)c3n2)C[C@@H]2C[C@@H]21. The second-order valence-corrected chi connectivity index (χ2v) is 8.42. The van der Waals surface area contributed by atoms with Crippen molar-refractivity contribution in [3.63, 3.8) is 0 Å². The van der Waals surface area contributed by atoms with Crippen LogP contribution in [-0.2, 0) is 4.74 Å². The number of fused-ring (bicyclic) bond motifs is 2. The van der Waals surface area contributed by atoms with Crippen molar-refractivity contribution in [2.75, 3.05) is 44.9 Å². The molecule has 156 valence electrons. The molecule has 2 aromatic rings. The number of aromatic nitrogens is 3. The first-order valence-electron chi connectivity index (χ1n) is 9.88. The Hall–Kier alpha value is -1.81. The second kappa shape index (κ2) is 7.46. The van der Waals surface area contributed by atoms with Crippen molar-refractivity contribution in [2.45, 2.75) is 31.0 Å². The van der Waals surface area contributed by atoms with Gasteiger partial charge in [-0.05, 0) is 25.8 Å². The summed E-state index contributed by atoms with van der Waals surface area (Å²) in [6, 6.07) is 1.07. The number of aliphatic hydroxyl groups is 1. The predicted octanol–water partition coefficient (Wildman–Crippen LogP) is 1.49. The van der Waals surface area contributed by atoms with Crippen LogP contribution in [0, 0.1) is 11.7 Å². The minimum absolute atomic E-state index is 0.0623. The average Bonchev–Trinajstić information content (AvgIpc) is 3.45. The Bertz CT molecular complexity index is 934. The van der Waals surface area contributed by atoms with Crippen LogP contribution >= 0.6 is 11.6 Å². The highest BCUT2D eigenvalue weighted by atomic mass is 35.5. The first-order valence-corrected chi connectivity index (χ1v) is 10.3. The lowest BCUT2D eigenvalue weighted by Gasteiger charge is -2.25. The summed E-state index contributed by atoms with van der Waals surface area (Å²) < 4.78 is 26.0. The number of hydrogen-bond acceptors (Lipinski definition) is 8. The number of likely N-dealkylation sites (N-methyl/N-ethyl adjacent to an activating group) is 1. The van der Waals surface area contributed by atoms with Crippen molar-refractivity contribution in [1.82, 2.24) is 19.9 Å². The molecule has 2 saturated heterocycles. The van der Waals surface area contributed by atoms with Gasteiger partial charge >= 0.3 is 6.01 Å². The molecule has 4 atom stereocenters. The van der Waals surface area contributed by atoms with Gasteiger partial charge in [-0.15, -0.1) is 0 Å². The molecule has 0 spiro atoms. The van der Waals surface area contributed by atoms with E-state index in [1.165, 1.54) is 12.6 Å². The van der Waals surface area contributed by atoms with E-state index >= 15 is 0 Å². The fourth-order valence-corrected chi connectivity index (χ4v) is 4.55. The van der Waals surface area contributed by atoms with E-state index in [1.807, 2.05) is 4.90 Å². The highest BCUT2D eigenvalue weighted by Gasteiger charge is 2.50. The third kappa shape index (κ3) is 3.61. The number of rotatable bonds is 4. The Labute approximate surface area is 172 Å². The van der Waals surface area contributed by atoms with E-state index in [9.17, 15) is 9.50 Å². The first kappa shape index (κ1) is 19.2. The summed E-state index contributed by atoms with van der Waals surface area (Å²) in [5.41, 5.74) is 0.0623. The number of aliphatic hydroxyl groups excluding tert-OH is 1. The number of pyridine rings is 1. The average molecular weight is 424 g/mol. The van der Waals surface area contributed by atoms with Gasteiger partial charge in [-0.3, -0.25) is 4.90 Å². The molecule has 10 heteroatoms. The molecule has 8 nitrogen and oxygen atoms in total. The van der Waals surface area contributed by atoms with Crippen LogP contribution in [0.15, 0.2) is 6.20 Å². The van der Waals surface area contributed by atoms with E-state index in [4.69, 9.17) is 21.1 Å². The lowest BCUT2D eigenvalue weighted by molar-refractivity contribution is 0.0597. The number of halogens is 2. The summed E-state index contributed by atoms with van der Waals surface area (Å²) >= 11 is 5.88. The highest BCUT2D eigenvalue weighted by Crippen LogP contribution is 2.46. The summed E-state index contributed by atoms with van der Waals surface area (Å²) in [5.74, 6) is 0.520. The van der Waals surface area contributed by atoms with E-state index in [-0.39, 0.29) is 23.3 Å². The molecular formula is C19H23ClFN5O3. The molecule has 3 aliphatic rings. The molecule has 0 unspecified atom stereocenters. The standard InChI is InChI=1S/C19H23ClFN5O3/c1-25-11(4-10-5-14(10)25)8-29-19-23-16-13(6-22-17(20)15(16)21)18(24-19)26-2-3-28-9-12(27)7-26/h6,10-12,14,27H,2-5,7-9H2,1H3/t10-,11+,12+,14+/m1/s1. The van der Waals surface area contributed by atoms with Crippen LogP contribution in [0.25, 0.3) is 10.9 Å². The van der Waals surface area contributed by atoms with Crippen molar-refractivity contribution in [2.24, 2.45) is 5.92 Å². The number of β-amino-alcohol motifs (C(OH)–C–C–N with tert-alkyl or cyclic N) is 1. The quantitative estimate of drug-likeness (QED) is 0.740. The van der Waals surface area contributed by atoms with Gasteiger partial charge < -0.3 is 19.5 Å². The molecule has 0 aromatic carbocycles. The minimum atomic E-state index is -0.705. The van der Waals surface area contributed by atoms with Crippen molar-refractivity contribution < 1.29 is 19.0 Å². The normalized spacial score (nSPS) is 29.7. The number of ether oxygens (including phenoxy) is 2. The topological polar surface area (TPSA) is 83.8 Å². The van der Waals surface area contributed by atoms with Crippen LogP contribution < -0.4 is 9.64 Å². The van der Waals surface area contributed by atoms with Crippen LogP contribution in [0.5, 0.6) is 6.01 Å². The zero-order chi connectivity index (χ0) is 20.1. The van der Waals surface area contributed by atoms with E-state index in [0.29, 0.717) is 49.6 Å². The van der Waals surface area contributed by atoms with Gasteiger partial charge in [0.15, 0.2) is 11.0 Å². The molecule has 1 saturated carbocycles. The van der Waals surface area contributed by atoms with Crippen LogP contribution in [-0.4, -0.2) is 83.1 Å². The molecular weight excluding hydrogens is 401 g/mol. The van der Waals surface area contributed by atoms with Crippen molar-refractivity contribution in [1.29, 1.82) is 0 Å². The lowest BCUT2D eigenvalue weighted by Crippen LogP contribution is -2.35. The number of nitrogens with zero attached hydrogens (tertiary/aromatic N) is 5. The molecule has 0 amide bonds. The number of likely N-dealkylation sites (tertiary alicyclic amines) is 1. The maximum absolute atomic E-state index is 14.7. The van der Waals surface area contributed by atoms with Gasteiger partial charge in [0.1, 0.15) is 17.9 Å². The summed E-state index contributed by atoms with van der Waals surface area (Å²) in [6.07, 6.45) is 3.15. The van der Waals surface area contributed by atoms with Crippen LogP contribution in [0.4, 0.5) is 10.2 Å². The Morgan fingerprint density at radius 1 is 1.38 bits per heavy atom. The number of piperidine rings is 1. The Morgan fingerprint density at radius 2 is 2.24 bits per heavy atom. The zero-order valence-electron chi connectivity index (χ0n) is 16.1. The summed E-state index contributed by atoms with van der Waals surface area (Å²) in [4.78, 5) is 16.9. The van der Waals surface area contributed by atoms with Gasteiger partial charge in [0.2, 0.25) is 0 Å². The highest BCUT2D eigenvalue weighted by molar-refractivity contribution is 6.30. The third-order valence-electron chi connectivity index (χ3n) is 6.11. The fraction of sp³-hybridized carbons (Fsp3) is 0.632. The lowest BCUT2D eigenvalue weighted by atomic mass is 10.2. The van der Waals surface area contributed by atoms with Gasteiger partial charge in [-0.2, -0.15) is 9.97 Å². The molecule has 5 rings (SSSR count). The smallest absolute Gasteiger partial charge is 0.319 e. The third-order valence-corrected chi connectivity index (χ3v) is 6.37. The van der Waals surface area contributed by atoms with Gasteiger partial charge in [-0.1, -0.05) is 11.6 Å².